The van der Waals surface area contributed by atoms with Crippen molar-refractivity contribution in [1.29, 1.82) is 0 Å². The van der Waals surface area contributed by atoms with Crippen molar-refractivity contribution in [2.75, 3.05) is 27.4 Å². The molecule has 6 heteroatoms. The monoisotopic (exact) mass is 462 g/mol. The van der Waals surface area contributed by atoms with Gasteiger partial charge in [0.2, 0.25) is 5.91 Å². The SMILES string of the molecule is COc1ccc(C(OCCNC(=O)[C@@H](N)C(C)C)(c2ccccc2)c2ccc(OC)cc2)cc1. The Morgan fingerprint density at radius 1 is 0.824 bits per heavy atom. The van der Waals surface area contributed by atoms with E-state index in [1.54, 1.807) is 14.2 Å². The van der Waals surface area contributed by atoms with Crippen molar-refractivity contribution in [3.05, 3.63) is 95.6 Å². The molecule has 3 rings (SSSR count). The van der Waals surface area contributed by atoms with Crippen molar-refractivity contribution in [3.63, 3.8) is 0 Å². The molecule has 0 saturated heterocycles. The molecule has 0 aliphatic carbocycles. The fraction of sp³-hybridized carbons (Fsp3) is 0.321. The van der Waals surface area contributed by atoms with E-state index >= 15 is 0 Å². The van der Waals surface area contributed by atoms with Crippen LogP contribution in [0.15, 0.2) is 78.9 Å². The van der Waals surface area contributed by atoms with Gasteiger partial charge in [0, 0.05) is 6.54 Å². The van der Waals surface area contributed by atoms with E-state index in [4.69, 9.17) is 19.9 Å². The number of carbonyl (C=O) groups is 1. The van der Waals surface area contributed by atoms with E-state index < -0.39 is 11.6 Å². The molecule has 0 saturated carbocycles. The van der Waals surface area contributed by atoms with Crippen molar-refractivity contribution in [3.8, 4) is 11.5 Å². The van der Waals surface area contributed by atoms with Crippen LogP contribution in [0, 0.1) is 5.92 Å². The number of carbonyl (C=O) groups excluding carboxylic acids is 1. The fourth-order valence-electron chi connectivity index (χ4n) is 3.87. The van der Waals surface area contributed by atoms with E-state index in [0.717, 1.165) is 28.2 Å². The van der Waals surface area contributed by atoms with Crippen LogP contribution in [0.2, 0.25) is 0 Å². The molecule has 180 valence electrons. The molecule has 3 N–H and O–H groups in total. The maximum atomic E-state index is 12.3. The first-order valence-corrected chi connectivity index (χ1v) is 11.4. The molecule has 0 spiro atoms. The maximum absolute atomic E-state index is 12.3. The molecule has 0 fully saturated rings. The molecule has 34 heavy (non-hydrogen) atoms. The Morgan fingerprint density at radius 3 is 1.74 bits per heavy atom. The van der Waals surface area contributed by atoms with Gasteiger partial charge in [-0.2, -0.15) is 0 Å². The smallest absolute Gasteiger partial charge is 0.237 e. The van der Waals surface area contributed by atoms with Gasteiger partial charge in [-0.05, 0) is 46.9 Å². The molecule has 6 nitrogen and oxygen atoms in total. The molecule has 0 heterocycles. The number of amides is 1. The molecule has 0 bridgehead atoms. The number of rotatable bonds is 11. The second-order valence-electron chi connectivity index (χ2n) is 8.41. The number of benzene rings is 3. The molecular weight excluding hydrogens is 428 g/mol. The molecule has 3 aromatic rings. The van der Waals surface area contributed by atoms with E-state index in [9.17, 15) is 4.79 Å². The lowest BCUT2D eigenvalue weighted by atomic mass is 9.80. The molecule has 3 aromatic carbocycles. The molecular formula is C28H34N2O4. The number of nitrogens with one attached hydrogen (secondary N) is 1. The second kappa shape index (κ2) is 11.7. The summed E-state index contributed by atoms with van der Waals surface area (Å²) in [6.45, 7) is 4.46. The average Bonchev–Trinajstić information content (AvgIpc) is 2.89. The topological polar surface area (TPSA) is 82.8 Å². The zero-order chi connectivity index (χ0) is 24.6. The molecule has 0 aliphatic rings. The van der Waals surface area contributed by atoms with Gasteiger partial charge in [0.05, 0.1) is 26.9 Å². The summed E-state index contributed by atoms with van der Waals surface area (Å²) < 4.78 is 17.4. The highest BCUT2D eigenvalue weighted by atomic mass is 16.5. The van der Waals surface area contributed by atoms with Crippen LogP contribution in [0.3, 0.4) is 0 Å². The third kappa shape index (κ3) is 5.58. The van der Waals surface area contributed by atoms with Gasteiger partial charge in [-0.15, -0.1) is 0 Å². The van der Waals surface area contributed by atoms with E-state index in [0.29, 0.717) is 6.54 Å². The van der Waals surface area contributed by atoms with Crippen molar-refractivity contribution >= 4 is 5.91 Å². The first-order chi connectivity index (χ1) is 16.4. The second-order valence-corrected chi connectivity index (χ2v) is 8.41. The van der Waals surface area contributed by atoms with Crippen molar-refractivity contribution in [2.24, 2.45) is 11.7 Å². The van der Waals surface area contributed by atoms with Gasteiger partial charge in [-0.1, -0.05) is 68.4 Å². The number of hydrogen-bond acceptors (Lipinski definition) is 5. The van der Waals surface area contributed by atoms with Crippen LogP contribution in [0.25, 0.3) is 0 Å². The molecule has 0 aliphatic heterocycles. The van der Waals surface area contributed by atoms with Gasteiger partial charge in [-0.3, -0.25) is 4.79 Å². The zero-order valence-electron chi connectivity index (χ0n) is 20.3. The number of nitrogens with two attached hydrogens (primary N) is 1. The Morgan fingerprint density at radius 2 is 1.29 bits per heavy atom. The average molecular weight is 463 g/mol. The van der Waals surface area contributed by atoms with Crippen LogP contribution in [0.5, 0.6) is 11.5 Å². The van der Waals surface area contributed by atoms with Crippen LogP contribution >= 0.6 is 0 Å². The third-order valence-electron chi connectivity index (χ3n) is 5.91. The largest absolute Gasteiger partial charge is 0.497 e. The highest BCUT2D eigenvalue weighted by Gasteiger charge is 2.37. The summed E-state index contributed by atoms with van der Waals surface area (Å²) in [4.78, 5) is 12.3. The summed E-state index contributed by atoms with van der Waals surface area (Å²) in [5.74, 6) is 1.39. The highest BCUT2D eigenvalue weighted by molar-refractivity contribution is 5.81. The van der Waals surface area contributed by atoms with Crippen LogP contribution in [-0.4, -0.2) is 39.3 Å². The zero-order valence-corrected chi connectivity index (χ0v) is 20.3. The molecule has 1 amide bonds. The molecule has 1 atom stereocenters. The maximum Gasteiger partial charge on any atom is 0.237 e. The van der Waals surface area contributed by atoms with Gasteiger partial charge in [0.25, 0.3) is 0 Å². The fourth-order valence-corrected chi connectivity index (χ4v) is 3.87. The van der Waals surface area contributed by atoms with Gasteiger partial charge in [0.15, 0.2) is 0 Å². The van der Waals surface area contributed by atoms with Crippen molar-refractivity contribution in [1.82, 2.24) is 5.32 Å². The van der Waals surface area contributed by atoms with E-state index in [2.05, 4.69) is 5.32 Å². The Balaban J connectivity index is 2.01. The summed E-state index contributed by atoms with van der Waals surface area (Å²) in [5, 5.41) is 2.90. The van der Waals surface area contributed by atoms with E-state index in [1.165, 1.54) is 0 Å². The number of methoxy groups -OCH3 is 2. The summed E-state index contributed by atoms with van der Waals surface area (Å²) in [7, 11) is 3.29. The van der Waals surface area contributed by atoms with Crippen molar-refractivity contribution < 1.29 is 19.0 Å². The Hall–Kier alpha value is -3.35. The third-order valence-corrected chi connectivity index (χ3v) is 5.91. The minimum Gasteiger partial charge on any atom is -0.497 e. The summed E-state index contributed by atoms with van der Waals surface area (Å²) in [6.07, 6.45) is 0. The molecule has 0 radical (unpaired) electrons. The Labute approximate surface area is 202 Å². The standard InChI is InChI=1S/C28H34N2O4/c1-20(2)26(29)27(31)30-18-19-34-28(21-8-6-5-7-9-21,22-10-14-24(32-3)15-11-22)23-12-16-25(33-4)17-13-23/h5-17,20,26H,18-19,29H2,1-4H3,(H,30,31)/t26-/m0/s1. The number of hydrogen-bond donors (Lipinski definition) is 2. The lowest BCUT2D eigenvalue weighted by Crippen LogP contribution is -2.45. The van der Waals surface area contributed by atoms with Crippen LogP contribution in [-0.2, 0) is 15.1 Å². The Bertz CT molecular complexity index is 987. The van der Waals surface area contributed by atoms with Crippen LogP contribution < -0.4 is 20.5 Å². The lowest BCUT2D eigenvalue weighted by Gasteiger charge is -2.36. The van der Waals surface area contributed by atoms with Gasteiger partial charge < -0.3 is 25.3 Å². The molecule has 0 unspecified atom stereocenters. The minimum atomic E-state index is -0.912. The summed E-state index contributed by atoms with van der Waals surface area (Å²) in [6, 6.07) is 25.2. The number of ether oxygens (including phenoxy) is 3. The van der Waals surface area contributed by atoms with Gasteiger partial charge >= 0.3 is 0 Å². The predicted octanol–water partition coefficient (Wildman–Crippen LogP) is 4.11. The van der Waals surface area contributed by atoms with Crippen molar-refractivity contribution in [2.45, 2.75) is 25.5 Å². The minimum absolute atomic E-state index is 0.0583. The van der Waals surface area contributed by atoms with Gasteiger partial charge in [-0.25, -0.2) is 0 Å². The summed E-state index contributed by atoms with van der Waals surface area (Å²) >= 11 is 0. The predicted molar refractivity (Wildman–Crippen MR) is 134 cm³/mol. The van der Waals surface area contributed by atoms with E-state index in [-0.39, 0.29) is 18.4 Å². The summed E-state index contributed by atoms with van der Waals surface area (Å²) in [5.41, 5.74) is 7.91. The Kier molecular flexibility index (Phi) is 8.68. The lowest BCUT2D eigenvalue weighted by molar-refractivity contribution is -0.123. The van der Waals surface area contributed by atoms with Gasteiger partial charge in [0.1, 0.15) is 17.1 Å². The van der Waals surface area contributed by atoms with Crippen LogP contribution in [0.1, 0.15) is 30.5 Å². The van der Waals surface area contributed by atoms with E-state index in [1.807, 2.05) is 92.7 Å². The first-order valence-electron chi connectivity index (χ1n) is 11.4. The highest BCUT2D eigenvalue weighted by Crippen LogP contribution is 2.41. The van der Waals surface area contributed by atoms with Crippen LogP contribution in [0.4, 0.5) is 0 Å². The first kappa shape index (κ1) is 25.3. The normalized spacial score (nSPS) is 12.3. The quantitative estimate of drug-likeness (QED) is 0.331. The molecule has 0 aromatic heterocycles.